The summed E-state index contributed by atoms with van der Waals surface area (Å²) in [6.07, 6.45) is 2.57. The standard InChI is InChI=1S/C18H22N2/c1-14-9-10-16(17(13-14)20-11-5-6-12-20)18(19)15-7-3-2-4-8-15/h2-4,7-10,13,18H,5-6,11-12,19H2,1H3. The molecule has 1 saturated heterocycles. The Kier molecular flexibility index (Phi) is 3.75. The molecule has 0 spiro atoms. The maximum absolute atomic E-state index is 6.51. The van der Waals surface area contributed by atoms with E-state index in [0.717, 1.165) is 13.1 Å². The normalized spacial score (nSPS) is 16.4. The van der Waals surface area contributed by atoms with Crippen molar-refractivity contribution in [2.45, 2.75) is 25.8 Å². The van der Waals surface area contributed by atoms with Crippen LogP contribution in [0.4, 0.5) is 5.69 Å². The van der Waals surface area contributed by atoms with Gasteiger partial charge in [0.1, 0.15) is 0 Å². The van der Waals surface area contributed by atoms with Crippen molar-refractivity contribution in [2.24, 2.45) is 5.73 Å². The molecule has 0 amide bonds. The van der Waals surface area contributed by atoms with Gasteiger partial charge in [-0.3, -0.25) is 0 Å². The molecule has 1 fully saturated rings. The van der Waals surface area contributed by atoms with Crippen LogP contribution >= 0.6 is 0 Å². The van der Waals surface area contributed by atoms with Gasteiger partial charge in [0.25, 0.3) is 0 Å². The van der Waals surface area contributed by atoms with Gasteiger partial charge in [-0.05, 0) is 42.5 Å². The average molecular weight is 266 g/mol. The zero-order chi connectivity index (χ0) is 13.9. The van der Waals surface area contributed by atoms with E-state index in [1.807, 2.05) is 6.07 Å². The van der Waals surface area contributed by atoms with Gasteiger partial charge in [0, 0.05) is 18.8 Å². The first-order valence-corrected chi connectivity index (χ1v) is 7.42. The van der Waals surface area contributed by atoms with E-state index in [1.165, 1.54) is 35.2 Å². The summed E-state index contributed by atoms with van der Waals surface area (Å²) in [5.41, 5.74) is 11.5. The average Bonchev–Trinajstić information content (AvgIpc) is 3.01. The number of hydrogen-bond acceptors (Lipinski definition) is 2. The minimum atomic E-state index is -0.0487. The molecule has 1 heterocycles. The van der Waals surface area contributed by atoms with Crippen molar-refractivity contribution >= 4 is 5.69 Å². The number of nitrogens with zero attached hydrogens (tertiary/aromatic N) is 1. The molecule has 2 aromatic carbocycles. The lowest BCUT2D eigenvalue weighted by atomic mass is 9.96. The van der Waals surface area contributed by atoms with Crippen LogP contribution in [0.3, 0.4) is 0 Å². The van der Waals surface area contributed by atoms with E-state index in [2.05, 4.69) is 54.3 Å². The van der Waals surface area contributed by atoms with Crippen molar-refractivity contribution in [3.05, 3.63) is 65.2 Å². The highest BCUT2D eigenvalue weighted by Gasteiger charge is 2.19. The second-order valence-corrected chi connectivity index (χ2v) is 5.64. The Balaban J connectivity index is 2.00. The van der Waals surface area contributed by atoms with Crippen LogP contribution in [0.2, 0.25) is 0 Å². The topological polar surface area (TPSA) is 29.3 Å². The molecular formula is C18H22N2. The maximum atomic E-state index is 6.51. The van der Waals surface area contributed by atoms with Crippen LogP contribution in [0.25, 0.3) is 0 Å². The van der Waals surface area contributed by atoms with Crippen molar-refractivity contribution in [3.63, 3.8) is 0 Å². The lowest BCUT2D eigenvalue weighted by molar-refractivity contribution is 0.849. The molecule has 0 saturated carbocycles. The summed E-state index contributed by atoms with van der Waals surface area (Å²) in [4.78, 5) is 2.48. The Hall–Kier alpha value is -1.80. The number of rotatable bonds is 3. The monoisotopic (exact) mass is 266 g/mol. The van der Waals surface area contributed by atoms with Crippen LogP contribution in [0.15, 0.2) is 48.5 Å². The Morgan fingerprint density at radius 1 is 1.00 bits per heavy atom. The fourth-order valence-electron chi connectivity index (χ4n) is 2.99. The highest BCUT2D eigenvalue weighted by molar-refractivity contribution is 5.59. The zero-order valence-corrected chi connectivity index (χ0v) is 12.0. The first-order valence-electron chi connectivity index (χ1n) is 7.42. The van der Waals surface area contributed by atoms with Crippen LogP contribution in [-0.2, 0) is 0 Å². The molecule has 0 radical (unpaired) electrons. The smallest absolute Gasteiger partial charge is 0.0572 e. The third kappa shape index (κ3) is 2.56. The fourth-order valence-corrected chi connectivity index (χ4v) is 2.99. The third-order valence-electron chi connectivity index (χ3n) is 4.13. The minimum Gasteiger partial charge on any atom is -0.371 e. The Morgan fingerprint density at radius 2 is 1.70 bits per heavy atom. The summed E-state index contributed by atoms with van der Waals surface area (Å²) in [7, 11) is 0. The first-order chi connectivity index (χ1) is 9.75. The number of nitrogens with two attached hydrogens (primary N) is 1. The molecule has 1 atom stereocenters. The van der Waals surface area contributed by atoms with Crippen LogP contribution in [-0.4, -0.2) is 13.1 Å². The molecule has 1 aliphatic rings. The Labute approximate surface area is 121 Å². The Bertz CT molecular complexity index is 571. The fraction of sp³-hybridized carbons (Fsp3) is 0.333. The molecular weight excluding hydrogens is 244 g/mol. The molecule has 2 heteroatoms. The lowest BCUT2D eigenvalue weighted by Gasteiger charge is -2.25. The molecule has 3 rings (SSSR count). The van der Waals surface area contributed by atoms with Gasteiger partial charge in [0.05, 0.1) is 6.04 Å². The largest absolute Gasteiger partial charge is 0.371 e. The summed E-state index contributed by atoms with van der Waals surface area (Å²) in [6.45, 7) is 4.45. The van der Waals surface area contributed by atoms with Crippen LogP contribution in [0.1, 0.15) is 35.6 Å². The highest BCUT2D eigenvalue weighted by Crippen LogP contribution is 2.32. The summed E-state index contributed by atoms with van der Waals surface area (Å²) in [5, 5.41) is 0. The van der Waals surface area contributed by atoms with Crippen molar-refractivity contribution in [2.75, 3.05) is 18.0 Å². The van der Waals surface area contributed by atoms with Crippen molar-refractivity contribution in [3.8, 4) is 0 Å². The number of hydrogen-bond donors (Lipinski definition) is 1. The van der Waals surface area contributed by atoms with Crippen molar-refractivity contribution < 1.29 is 0 Å². The predicted molar refractivity (Wildman–Crippen MR) is 85.1 cm³/mol. The number of aryl methyl sites for hydroxylation is 1. The summed E-state index contributed by atoms with van der Waals surface area (Å²) < 4.78 is 0. The van der Waals surface area contributed by atoms with Gasteiger partial charge >= 0.3 is 0 Å². The van der Waals surface area contributed by atoms with Gasteiger partial charge in [0.15, 0.2) is 0 Å². The SMILES string of the molecule is Cc1ccc(C(N)c2ccccc2)c(N2CCCC2)c1. The second kappa shape index (κ2) is 5.68. The van der Waals surface area contributed by atoms with E-state index >= 15 is 0 Å². The van der Waals surface area contributed by atoms with E-state index < -0.39 is 0 Å². The second-order valence-electron chi connectivity index (χ2n) is 5.64. The molecule has 2 nitrogen and oxygen atoms in total. The van der Waals surface area contributed by atoms with Gasteiger partial charge in [-0.25, -0.2) is 0 Å². The Morgan fingerprint density at radius 3 is 2.40 bits per heavy atom. The molecule has 0 aromatic heterocycles. The highest BCUT2D eigenvalue weighted by atomic mass is 15.1. The van der Waals surface area contributed by atoms with Gasteiger partial charge in [-0.2, -0.15) is 0 Å². The van der Waals surface area contributed by atoms with Gasteiger partial charge in [-0.1, -0.05) is 42.5 Å². The van der Waals surface area contributed by atoms with Gasteiger partial charge < -0.3 is 10.6 Å². The van der Waals surface area contributed by atoms with E-state index in [9.17, 15) is 0 Å². The van der Waals surface area contributed by atoms with E-state index in [0.29, 0.717) is 0 Å². The molecule has 104 valence electrons. The van der Waals surface area contributed by atoms with Gasteiger partial charge in [-0.15, -0.1) is 0 Å². The summed E-state index contributed by atoms with van der Waals surface area (Å²) in [5.74, 6) is 0. The quantitative estimate of drug-likeness (QED) is 0.919. The molecule has 0 aliphatic carbocycles. The van der Waals surface area contributed by atoms with Crippen LogP contribution in [0.5, 0.6) is 0 Å². The first kappa shape index (κ1) is 13.2. The van der Waals surface area contributed by atoms with E-state index in [1.54, 1.807) is 0 Å². The van der Waals surface area contributed by atoms with Crippen LogP contribution in [0, 0.1) is 6.92 Å². The van der Waals surface area contributed by atoms with E-state index in [-0.39, 0.29) is 6.04 Å². The maximum Gasteiger partial charge on any atom is 0.0572 e. The molecule has 20 heavy (non-hydrogen) atoms. The lowest BCUT2D eigenvalue weighted by Crippen LogP contribution is -2.22. The van der Waals surface area contributed by atoms with Gasteiger partial charge in [0.2, 0.25) is 0 Å². The number of anilines is 1. The number of benzene rings is 2. The predicted octanol–water partition coefficient (Wildman–Crippen LogP) is 3.64. The third-order valence-corrected chi connectivity index (χ3v) is 4.13. The molecule has 0 bridgehead atoms. The summed E-state index contributed by atoms with van der Waals surface area (Å²) in [6, 6.07) is 17.0. The molecule has 2 N–H and O–H groups in total. The van der Waals surface area contributed by atoms with E-state index in [4.69, 9.17) is 5.73 Å². The van der Waals surface area contributed by atoms with Crippen molar-refractivity contribution in [1.29, 1.82) is 0 Å². The molecule has 1 aliphatic heterocycles. The van der Waals surface area contributed by atoms with Crippen LogP contribution < -0.4 is 10.6 Å². The molecule has 1 unspecified atom stereocenters. The minimum absolute atomic E-state index is 0.0487. The summed E-state index contributed by atoms with van der Waals surface area (Å²) >= 11 is 0. The zero-order valence-electron chi connectivity index (χ0n) is 12.0. The molecule has 2 aromatic rings. The van der Waals surface area contributed by atoms with Crippen molar-refractivity contribution in [1.82, 2.24) is 0 Å².